The van der Waals surface area contributed by atoms with Crippen LogP contribution in [0.25, 0.3) is 0 Å². The van der Waals surface area contributed by atoms with Crippen molar-refractivity contribution in [2.45, 2.75) is 43.7 Å². The Bertz CT molecular complexity index is 520. The second-order valence-corrected chi connectivity index (χ2v) is 6.25. The largest absolute Gasteiger partial charge is 0.454 e. The van der Waals surface area contributed by atoms with E-state index in [9.17, 15) is 5.11 Å². The summed E-state index contributed by atoms with van der Waals surface area (Å²) in [5.74, 6) is 1.96. The van der Waals surface area contributed by atoms with Crippen LogP contribution in [0.15, 0.2) is 18.2 Å². The Hall–Kier alpha value is -0.970. The first kappa shape index (κ1) is 14.9. The average molecular weight is 312 g/mol. The Balaban J connectivity index is 0.00000132. The minimum Gasteiger partial charge on any atom is -0.454 e. The summed E-state index contributed by atoms with van der Waals surface area (Å²) in [4.78, 5) is 0. The van der Waals surface area contributed by atoms with Crippen LogP contribution in [-0.4, -0.2) is 24.0 Å². The molecule has 3 atom stereocenters. The Morgan fingerprint density at radius 2 is 2.00 bits per heavy atom. The number of rotatable bonds is 1. The Morgan fingerprint density at radius 3 is 2.90 bits per heavy atom. The highest BCUT2D eigenvalue weighted by Crippen LogP contribution is 2.46. The fourth-order valence-corrected chi connectivity index (χ4v) is 4.08. The van der Waals surface area contributed by atoms with Crippen molar-refractivity contribution in [3.63, 3.8) is 0 Å². The van der Waals surface area contributed by atoms with E-state index in [1.165, 1.54) is 12.0 Å². The van der Waals surface area contributed by atoms with Gasteiger partial charge in [-0.3, -0.25) is 0 Å². The monoisotopic (exact) mass is 311 g/mol. The fraction of sp³-hybridized carbons (Fsp3) is 0.625. The molecule has 21 heavy (non-hydrogen) atoms. The van der Waals surface area contributed by atoms with Gasteiger partial charge in [-0.25, -0.2) is 0 Å². The van der Waals surface area contributed by atoms with E-state index >= 15 is 0 Å². The second kappa shape index (κ2) is 5.67. The topological polar surface area (TPSA) is 50.7 Å². The summed E-state index contributed by atoms with van der Waals surface area (Å²) in [5.41, 5.74) is 0.726. The lowest BCUT2D eigenvalue weighted by Crippen LogP contribution is -2.53. The molecule has 1 aromatic rings. The standard InChI is InChI=1S/C16H21NO3.ClH/c18-16-6-2-1-3-12(16)15(17-8-7-16)11-4-5-13-14(9-11)20-10-19-13;/h4-5,9,12,15,17-18H,1-3,6-8,10H2;1H. The molecule has 3 aliphatic rings. The molecule has 1 aromatic carbocycles. The van der Waals surface area contributed by atoms with Crippen molar-refractivity contribution < 1.29 is 14.6 Å². The van der Waals surface area contributed by atoms with Gasteiger partial charge >= 0.3 is 0 Å². The third-order valence-electron chi connectivity index (χ3n) is 5.15. The van der Waals surface area contributed by atoms with Gasteiger partial charge in [-0.15, -0.1) is 12.4 Å². The summed E-state index contributed by atoms with van der Waals surface area (Å²) in [6, 6.07) is 6.38. The summed E-state index contributed by atoms with van der Waals surface area (Å²) in [5, 5.41) is 14.5. The van der Waals surface area contributed by atoms with Gasteiger partial charge in [0.25, 0.3) is 0 Å². The molecule has 0 radical (unpaired) electrons. The zero-order valence-corrected chi connectivity index (χ0v) is 12.8. The van der Waals surface area contributed by atoms with E-state index in [1.807, 2.05) is 6.07 Å². The molecule has 0 amide bonds. The van der Waals surface area contributed by atoms with Gasteiger partial charge < -0.3 is 19.9 Å². The van der Waals surface area contributed by atoms with E-state index in [4.69, 9.17) is 9.47 Å². The lowest BCUT2D eigenvalue weighted by Gasteiger charge is -2.48. The number of hydrogen-bond acceptors (Lipinski definition) is 4. The number of nitrogens with one attached hydrogen (secondary N) is 1. The predicted molar refractivity (Wildman–Crippen MR) is 82.1 cm³/mol. The van der Waals surface area contributed by atoms with Crippen molar-refractivity contribution in [1.29, 1.82) is 0 Å². The molecule has 0 aromatic heterocycles. The van der Waals surface area contributed by atoms with Gasteiger partial charge in [-0.1, -0.05) is 18.9 Å². The second-order valence-electron chi connectivity index (χ2n) is 6.25. The molecule has 4 rings (SSSR count). The van der Waals surface area contributed by atoms with Crippen LogP contribution >= 0.6 is 12.4 Å². The first-order valence-corrected chi connectivity index (χ1v) is 7.62. The third kappa shape index (κ3) is 2.50. The normalized spacial score (nSPS) is 34.0. The molecule has 0 spiro atoms. The van der Waals surface area contributed by atoms with Crippen LogP contribution in [0, 0.1) is 5.92 Å². The van der Waals surface area contributed by atoms with Gasteiger partial charge in [0.2, 0.25) is 6.79 Å². The molecule has 2 N–H and O–H groups in total. The molecule has 2 heterocycles. The highest BCUT2D eigenvalue weighted by Gasteiger charge is 2.46. The first-order chi connectivity index (χ1) is 9.76. The molecule has 116 valence electrons. The molecule has 2 aliphatic heterocycles. The fourth-order valence-electron chi connectivity index (χ4n) is 4.08. The summed E-state index contributed by atoms with van der Waals surface area (Å²) in [6.07, 6.45) is 5.29. The van der Waals surface area contributed by atoms with Gasteiger partial charge in [0.15, 0.2) is 11.5 Å². The van der Waals surface area contributed by atoms with Crippen LogP contribution in [0.1, 0.15) is 43.7 Å². The van der Waals surface area contributed by atoms with Gasteiger partial charge in [-0.2, -0.15) is 0 Å². The molecule has 1 saturated heterocycles. The smallest absolute Gasteiger partial charge is 0.231 e. The van der Waals surface area contributed by atoms with Crippen molar-refractivity contribution >= 4 is 12.4 Å². The maximum absolute atomic E-state index is 10.9. The lowest BCUT2D eigenvalue weighted by molar-refractivity contribution is -0.0861. The number of benzene rings is 1. The quantitative estimate of drug-likeness (QED) is 0.837. The number of fused-ring (bicyclic) bond motifs is 2. The summed E-state index contributed by atoms with van der Waals surface area (Å²) in [7, 11) is 0. The number of piperidine rings is 1. The van der Waals surface area contributed by atoms with Gasteiger partial charge in [-0.05, 0) is 43.5 Å². The molecular weight excluding hydrogens is 290 g/mol. The van der Waals surface area contributed by atoms with Crippen LogP contribution in [0.5, 0.6) is 11.5 Å². The number of hydrogen-bond donors (Lipinski definition) is 2. The Morgan fingerprint density at radius 1 is 1.14 bits per heavy atom. The summed E-state index contributed by atoms with van der Waals surface area (Å²) in [6.45, 7) is 1.19. The van der Waals surface area contributed by atoms with E-state index in [1.54, 1.807) is 0 Å². The zero-order valence-electron chi connectivity index (χ0n) is 12.0. The van der Waals surface area contributed by atoms with Crippen LogP contribution in [0.3, 0.4) is 0 Å². The molecule has 5 heteroatoms. The highest BCUT2D eigenvalue weighted by molar-refractivity contribution is 5.85. The molecule has 0 bridgehead atoms. The van der Waals surface area contributed by atoms with E-state index in [0.717, 1.165) is 43.7 Å². The van der Waals surface area contributed by atoms with Gasteiger partial charge in [0.05, 0.1) is 5.60 Å². The first-order valence-electron chi connectivity index (χ1n) is 7.62. The summed E-state index contributed by atoms with van der Waals surface area (Å²) < 4.78 is 10.9. The van der Waals surface area contributed by atoms with Crippen molar-refractivity contribution in [3.8, 4) is 11.5 Å². The zero-order chi connectivity index (χ0) is 13.6. The maximum atomic E-state index is 10.9. The van der Waals surface area contributed by atoms with Crippen molar-refractivity contribution in [3.05, 3.63) is 23.8 Å². The van der Waals surface area contributed by atoms with Crippen LogP contribution in [0.2, 0.25) is 0 Å². The molecule has 3 unspecified atom stereocenters. The van der Waals surface area contributed by atoms with Gasteiger partial charge in [0, 0.05) is 12.0 Å². The Kier molecular flexibility index (Phi) is 4.04. The van der Waals surface area contributed by atoms with Crippen LogP contribution < -0.4 is 14.8 Å². The minimum absolute atomic E-state index is 0. The van der Waals surface area contributed by atoms with Crippen LogP contribution in [0.4, 0.5) is 0 Å². The van der Waals surface area contributed by atoms with E-state index in [-0.39, 0.29) is 18.4 Å². The SMILES string of the molecule is Cl.OC12CCCCC1C(c1ccc3c(c1)OCO3)NCC2. The molecule has 2 fully saturated rings. The molecular formula is C16H22ClNO3. The predicted octanol–water partition coefficient (Wildman–Crippen LogP) is 2.79. The maximum Gasteiger partial charge on any atom is 0.231 e. The van der Waals surface area contributed by atoms with E-state index < -0.39 is 5.60 Å². The Labute approximate surface area is 131 Å². The number of halogens is 1. The molecule has 4 nitrogen and oxygen atoms in total. The number of aliphatic hydroxyl groups is 1. The van der Waals surface area contributed by atoms with Crippen molar-refractivity contribution in [1.82, 2.24) is 5.32 Å². The number of ether oxygens (including phenoxy) is 2. The minimum atomic E-state index is -0.482. The lowest BCUT2D eigenvalue weighted by atomic mass is 9.67. The van der Waals surface area contributed by atoms with E-state index in [2.05, 4.69) is 17.4 Å². The highest BCUT2D eigenvalue weighted by atomic mass is 35.5. The molecule has 1 aliphatic carbocycles. The molecule has 1 saturated carbocycles. The van der Waals surface area contributed by atoms with Gasteiger partial charge in [0.1, 0.15) is 0 Å². The van der Waals surface area contributed by atoms with Crippen molar-refractivity contribution in [2.75, 3.05) is 13.3 Å². The van der Waals surface area contributed by atoms with E-state index in [0.29, 0.717) is 12.7 Å². The van der Waals surface area contributed by atoms with Crippen LogP contribution in [-0.2, 0) is 0 Å². The van der Waals surface area contributed by atoms with Crippen molar-refractivity contribution in [2.24, 2.45) is 5.92 Å². The summed E-state index contributed by atoms with van der Waals surface area (Å²) >= 11 is 0. The third-order valence-corrected chi connectivity index (χ3v) is 5.15. The average Bonchev–Trinajstić information content (AvgIpc) is 2.93.